The van der Waals surface area contributed by atoms with Crippen molar-refractivity contribution >= 4 is 5.97 Å². The van der Waals surface area contributed by atoms with Crippen LogP contribution in [-0.2, 0) is 4.79 Å². The Hall–Kier alpha value is -0.650. The molecule has 0 radical (unpaired) electrons. The number of aliphatic carboxylic acids is 1. The summed E-state index contributed by atoms with van der Waals surface area (Å²) < 4.78 is 0. The maximum Gasteiger partial charge on any atom is 0.336 e. The summed E-state index contributed by atoms with van der Waals surface area (Å²) in [5.41, 5.74) is -1.74. The van der Waals surface area contributed by atoms with E-state index in [9.17, 15) is 9.90 Å². The lowest BCUT2D eigenvalue weighted by Gasteiger charge is -2.26. The number of nitrogens with zero attached hydrogens (tertiary/aromatic N) is 1. The molecule has 0 aliphatic rings. The normalized spacial score (nSPS) is 15.8. The largest absolute Gasteiger partial charge is 0.479 e. The van der Waals surface area contributed by atoms with E-state index in [4.69, 9.17) is 10.2 Å². The summed E-state index contributed by atoms with van der Waals surface area (Å²) in [6, 6.07) is 0. The molecule has 0 aromatic rings. The average Bonchev–Trinajstić information content (AvgIpc) is 2.03. The third-order valence-electron chi connectivity index (χ3n) is 1.86. The molecule has 0 amide bonds. The SMILES string of the molecule is CCN(CCO)CC(C)(O)C(=O)O. The number of carboxylic acids is 1. The molecule has 0 aliphatic heterocycles. The van der Waals surface area contributed by atoms with Crippen LogP contribution in [0.4, 0.5) is 0 Å². The first-order valence-corrected chi connectivity index (χ1v) is 4.23. The van der Waals surface area contributed by atoms with Crippen LogP contribution in [0, 0.1) is 0 Å². The number of likely N-dealkylation sites (N-methyl/N-ethyl adjacent to an activating group) is 1. The van der Waals surface area contributed by atoms with Crippen molar-refractivity contribution in [3.05, 3.63) is 0 Å². The van der Waals surface area contributed by atoms with E-state index in [2.05, 4.69) is 0 Å². The van der Waals surface area contributed by atoms with Gasteiger partial charge in [-0.2, -0.15) is 0 Å². The summed E-state index contributed by atoms with van der Waals surface area (Å²) in [6.07, 6.45) is 0. The molecule has 13 heavy (non-hydrogen) atoms. The van der Waals surface area contributed by atoms with Crippen molar-refractivity contribution in [2.24, 2.45) is 0 Å². The van der Waals surface area contributed by atoms with Crippen LogP contribution in [0.2, 0.25) is 0 Å². The highest BCUT2D eigenvalue weighted by molar-refractivity contribution is 5.76. The average molecular weight is 191 g/mol. The molecule has 0 aliphatic carbocycles. The van der Waals surface area contributed by atoms with Crippen LogP contribution in [0.5, 0.6) is 0 Å². The lowest BCUT2D eigenvalue weighted by atomic mass is 10.1. The van der Waals surface area contributed by atoms with Crippen molar-refractivity contribution in [2.45, 2.75) is 19.4 Å². The van der Waals surface area contributed by atoms with Gasteiger partial charge in [-0.3, -0.25) is 4.90 Å². The predicted octanol–water partition coefficient (Wildman–Crippen LogP) is -0.864. The third-order valence-corrected chi connectivity index (χ3v) is 1.86. The first-order valence-electron chi connectivity index (χ1n) is 4.23. The van der Waals surface area contributed by atoms with E-state index in [0.717, 1.165) is 0 Å². The zero-order chi connectivity index (χ0) is 10.5. The molecule has 0 bridgehead atoms. The number of aliphatic hydroxyl groups is 2. The van der Waals surface area contributed by atoms with E-state index >= 15 is 0 Å². The fourth-order valence-corrected chi connectivity index (χ4v) is 0.993. The summed E-state index contributed by atoms with van der Waals surface area (Å²) in [5, 5.41) is 26.6. The number of hydrogen-bond donors (Lipinski definition) is 3. The van der Waals surface area contributed by atoms with Crippen molar-refractivity contribution in [1.82, 2.24) is 4.90 Å². The van der Waals surface area contributed by atoms with Gasteiger partial charge in [0.15, 0.2) is 5.60 Å². The van der Waals surface area contributed by atoms with Crippen molar-refractivity contribution < 1.29 is 20.1 Å². The fourth-order valence-electron chi connectivity index (χ4n) is 0.993. The van der Waals surface area contributed by atoms with Crippen molar-refractivity contribution in [2.75, 3.05) is 26.2 Å². The minimum absolute atomic E-state index is 0.0272. The highest BCUT2D eigenvalue weighted by atomic mass is 16.4. The van der Waals surface area contributed by atoms with E-state index in [-0.39, 0.29) is 13.2 Å². The predicted molar refractivity (Wildman–Crippen MR) is 47.5 cm³/mol. The van der Waals surface area contributed by atoms with E-state index < -0.39 is 11.6 Å². The second-order valence-corrected chi connectivity index (χ2v) is 3.17. The van der Waals surface area contributed by atoms with Crippen LogP contribution in [-0.4, -0.2) is 58.0 Å². The number of aliphatic hydroxyl groups excluding tert-OH is 1. The quantitative estimate of drug-likeness (QED) is 0.509. The first-order chi connectivity index (χ1) is 5.94. The Kier molecular flexibility index (Phi) is 4.90. The van der Waals surface area contributed by atoms with Gasteiger partial charge in [-0.05, 0) is 13.5 Å². The Balaban J connectivity index is 4.13. The second-order valence-electron chi connectivity index (χ2n) is 3.17. The van der Waals surface area contributed by atoms with E-state index in [1.807, 2.05) is 6.92 Å². The molecular formula is C8H17NO4. The number of carboxylic acid groups (broad SMARTS) is 1. The summed E-state index contributed by atoms with van der Waals surface area (Å²) in [6.45, 7) is 4.05. The van der Waals surface area contributed by atoms with Crippen LogP contribution in [0.15, 0.2) is 0 Å². The minimum Gasteiger partial charge on any atom is -0.479 e. The van der Waals surface area contributed by atoms with Gasteiger partial charge in [-0.25, -0.2) is 4.79 Å². The van der Waals surface area contributed by atoms with Crippen LogP contribution in [0.1, 0.15) is 13.8 Å². The van der Waals surface area contributed by atoms with Crippen LogP contribution >= 0.6 is 0 Å². The molecule has 1 atom stereocenters. The van der Waals surface area contributed by atoms with Crippen molar-refractivity contribution in [1.29, 1.82) is 0 Å². The molecule has 5 heteroatoms. The molecule has 78 valence electrons. The van der Waals surface area contributed by atoms with Gasteiger partial charge in [0.25, 0.3) is 0 Å². The fraction of sp³-hybridized carbons (Fsp3) is 0.875. The standard InChI is InChI=1S/C8H17NO4/c1-3-9(4-5-10)6-8(2,13)7(11)12/h10,13H,3-6H2,1-2H3,(H,11,12). The molecule has 0 saturated heterocycles. The number of rotatable bonds is 6. The zero-order valence-corrected chi connectivity index (χ0v) is 8.03. The maximum atomic E-state index is 10.5. The van der Waals surface area contributed by atoms with Gasteiger partial charge in [0.2, 0.25) is 0 Å². The maximum absolute atomic E-state index is 10.5. The first kappa shape index (κ1) is 12.3. The second kappa shape index (κ2) is 5.16. The van der Waals surface area contributed by atoms with Crippen molar-refractivity contribution in [3.8, 4) is 0 Å². The molecule has 3 N–H and O–H groups in total. The highest BCUT2D eigenvalue weighted by Crippen LogP contribution is 2.06. The molecule has 5 nitrogen and oxygen atoms in total. The topological polar surface area (TPSA) is 81.0 Å². The Labute approximate surface area is 77.6 Å². The van der Waals surface area contributed by atoms with E-state index in [0.29, 0.717) is 13.1 Å². The third kappa shape index (κ3) is 4.21. The Morgan fingerprint density at radius 1 is 1.54 bits per heavy atom. The summed E-state index contributed by atoms with van der Waals surface area (Å²) >= 11 is 0. The van der Waals surface area contributed by atoms with Crippen LogP contribution < -0.4 is 0 Å². The van der Waals surface area contributed by atoms with Gasteiger partial charge in [0.05, 0.1) is 6.61 Å². The highest BCUT2D eigenvalue weighted by Gasteiger charge is 2.31. The smallest absolute Gasteiger partial charge is 0.336 e. The molecule has 0 rings (SSSR count). The summed E-state index contributed by atoms with van der Waals surface area (Å²) in [5.74, 6) is -1.25. The van der Waals surface area contributed by atoms with Crippen LogP contribution in [0.25, 0.3) is 0 Å². The van der Waals surface area contributed by atoms with Crippen LogP contribution in [0.3, 0.4) is 0 Å². The number of hydrogen-bond acceptors (Lipinski definition) is 4. The zero-order valence-electron chi connectivity index (χ0n) is 8.03. The van der Waals surface area contributed by atoms with E-state index in [1.165, 1.54) is 6.92 Å². The Morgan fingerprint density at radius 2 is 2.08 bits per heavy atom. The lowest BCUT2D eigenvalue weighted by molar-refractivity contribution is -0.158. The van der Waals surface area contributed by atoms with Gasteiger partial charge in [0.1, 0.15) is 0 Å². The summed E-state index contributed by atoms with van der Waals surface area (Å²) in [4.78, 5) is 12.2. The Morgan fingerprint density at radius 3 is 2.38 bits per heavy atom. The molecule has 0 spiro atoms. The van der Waals surface area contributed by atoms with Gasteiger partial charge >= 0.3 is 5.97 Å². The monoisotopic (exact) mass is 191 g/mol. The van der Waals surface area contributed by atoms with Gasteiger partial charge < -0.3 is 15.3 Å². The molecule has 0 aromatic carbocycles. The summed E-state index contributed by atoms with van der Waals surface area (Å²) in [7, 11) is 0. The van der Waals surface area contributed by atoms with Gasteiger partial charge in [-0.1, -0.05) is 6.92 Å². The molecule has 0 heterocycles. The molecule has 0 fully saturated rings. The molecular weight excluding hydrogens is 174 g/mol. The molecule has 0 saturated carbocycles. The van der Waals surface area contributed by atoms with Gasteiger partial charge in [0, 0.05) is 13.1 Å². The lowest BCUT2D eigenvalue weighted by Crippen LogP contribution is -2.47. The Bertz CT molecular complexity index is 170. The van der Waals surface area contributed by atoms with Gasteiger partial charge in [-0.15, -0.1) is 0 Å². The minimum atomic E-state index is -1.74. The van der Waals surface area contributed by atoms with Crippen molar-refractivity contribution in [3.63, 3.8) is 0 Å². The molecule has 0 aromatic heterocycles. The number of carbonyl (C=O) groups is 1. The molecule has 1 unspecified atom stereocenters. The van der Waals surface area contributed by atoms with E-state index in [1.54, 1.807) is 4.90 Å².